The first-order chi connectivity index (χ1) is 10.2. The minimum atomic E-state index is -0.350. The smallest absolute Gasteiger partial charge is 0.245 e. The van der Waals surface area contributed by atoms with Crippen LogP contribution in [0, 0.1) is 0 Å². The van der Waals surface area contributed by atoms with Crippen molar-refractivity contribution in [1.29, 1.82) is 0 Å². The monoisotopic (exact) mass is 306 g/mol. The number of piperidine rings is 1. The van der Waals surface area contributed by atoms with Crippen molar-refractivity contribution in [2.24, 2.45) is 0 Å². The number of hydrogen-bond donors (Lipinski definition) is 0. The summed E-state index contributed by atoms with van der Waals surface area (Å²) in [5.41, 5.74) is 0.761. The second-order valence-corrected chi connectivity index (χ2v) is 6.12. The van der Waals surface area contributed by atoms with Crippen molar-refractivity contribution >= 4 is 29.1 Å². The first-order valence-electron chi connectivity index (χ1n) is 7.53. The van der Waals surface area contributed by atoms with Gasteiger partial charge < -0.3 is 4.90 Å². The lowest BCUT2D eigenvalue weighted by Gasteiger charge is -2.32. The van der Waals surface area contributed by atoms with E-state index in [0.717, 1.165) is 31.6 Å². The molecule has 0 aliphatic carbocycles. The van der Waals surface area contributed by atoms with Crippen molar-refractivity contribution in [1.82, 2.24) is 4.90 Å². The molecule has 2 amide bonds. The van der Waals surface area contributed by atoms with Gasteiger partial charge in [0.2, 0.25) is 11.8 Å². The molecule has 0 spiro atoms. The van der Waals surface area contributed by atoms with E-state index in [9.17, 15) is 9.59 Å². The van der Waals surface area contributed by atoms with E-state index in [2.05, 4.69) is 0 Å². The molecular weight excluding hydrogens is 288 g/mol. The Morgan fingerprint density at radius 1 is 1.10 bits per heavy atom. The molecule has 21 heavy (non-hydrogen) atoms. The highest BCUT2D eigenvalue weighted by molar-refractivity contribution is 6.30. The van der Waals surface area contributed by atoms with Crippen molar-refractivity contribution in [3.8, 4) is 0 Å². The predicted octanol–water partition coefficient (Wildman–Crippen LogP) is 2.85. The first kappa shape index (κ1) is 14.4. The average Bonchev–Trinajstić information content (AvgIpc) is 2.90. The van der Waals surface area contributed by atoms with Crippen molar-refractivity contribution in [2.45, 2.75) is 38.1 Å². The van der Waals surface area contributed by atoms with Crippen LogP contribution in [-0.2, 0) is 9.59 Å². The Hall–Kier alpha value is -1.55. The molecule has 0 radical (unpaired) electrons. The number of carbonyl (C=O) groups is 2. The van der Waals surface area contributed by atoms with Crippen LogP contribution >= 0.6 is 11.6 Å². The minimum absolute atomic E-state index is 0.0210. The summed E-state index contributed by atoms with van der Waals surface area (Å²) in [5.74, 6) is 0.114. The Morgan fingerprint density at radius 3 is 2.43 bits per heavy atom. The summed E-state index contributed by atoms with van der Waals surface area (Å²) in [5, 5.41) is 0.629. The molecule has 0 bridgehead atoms. The number of halogens is 1. The molecule has 5 heteroatoms. The van der Waals surface area contributed by atoms with Gasteiger partial charge in [0.25, 0.3) is 0 Å². The minimum Gasteiger partial charge on any atom is -0.341 e. The summed E-state index contributed by atoms with van der Waals surface area (Å²) < 4.78 is 0. The maximum absolute atomic E-state index is 12.7. The summed E-state index contributed by atoms with van der Waals surface area (Å²) >= 11 is 5.90. The highest BCUT2D eigenvalue weighted by atomic mass is 35.5. The van der Waals surface area contributed by atoms with Crippen LogP contribution < -0.4 is 4.90 Å². The first-order valence-corrected chi connectivity index (χ1v) is 7.91. The number of amides is 2. The highest BCUT2D eigenvalue weighted by Crippen LogP contribution is 2.29. The van der Waals surface area contributed by atoms with Crippen LogP contribution in [0.1, 0.15) is 32.1 Å². The summed E-state index contributed by atoms with van der Waals surface area (Å²) in [6.07, 6.45) is 4.36. The molecule has 2 aliphatic rings. The fourth-order valence-electron chi connectivity index (χ4n) is 3.17. The zero-order chi connectivity index (χ0) is 14.8. The third-order valence-corrected chi connectivity index (χ3v) is 4.52. The fraction of sp³-hybridized carbons (Fsp3) is 0.500. The topological polar surface area (TPSA) is 40.6 Å². The SMILES string of the molecule is O=C(C1CCC(=O)N1c1ccc(Cl)cc1)N1CCCCC1. The van der Waals surface area contributed by atoms with Gasteiger partial charge in [-0.3, -0.25) is 14.5 Å². The Labute approximate surface area is 129 Å². The predicted molar refractivity (Wildman–Crippen MR) is 82.4 cm³/mol. The van der Waals surface area contributed by atoms with Gasteiger partial charge in [0.15, 0.2) is 0 Å². The molecule has 0 aromatic heterocycles. The van der Waals surface area contributed by atoms with Gasteiger partial charge in [0, 0.05) is 30.2 Å². The summed E-state index contributed by atoms with van der Waals surface area (Å²) in [6, 6.07) is 6.77. The van der Waals surface area contributed by atoms with E-state index >= 15 is 0 Å². The standard InChI is InChI=1S/C16H19ClN2O2/c17-12-4-6-13(7-5-12)19-14(8-9-15(19)20)16(21)18-10-2-1-3-11-18/h4-7,14H,1-3,8-11H2. The number of hydrogen-bond acceptors (Lipinski definition) is 2. The quantitative estimate of drug-likeness (QED) is 0.843. The van der Waals surface area contributed by atoms with E-state index in [1.165, 1.54) is 6.42 Å². The van der Waals surface area contributed by atoms with Gasteiger partial charge in [-0.25, -0.2) is 0 Å². The Balaban J connectivity index is 1.81. The summed E-state index contributed by atoms with van der Waals surface area (Å²) in [7, 11) is 0. The summed E-state index contributed by atoms with van der Waals surface area (Å²) in [6.45, 7) is 1.63. The molecule has 2 heterocycles. The van der Waals surface area contributed by atoms with Crippen molar-refractivity contribution in [3.63, 3.8) is 0 Å². The van der Waals surface area contributed by atoms with E-state index in [-0.39, 0.29) is 17.9 Å². The van der Waals surface area contributed by atoms with Crippen molar-refractivity contribution in [3.05, 3.63) is 29.3 Å². The van der Waals surface area contributed by atoms with E-state index in [0.29, 0.717) is 17.9 Å². The molecule has 0 saturated carbocycles. The second kappa shape index (κ2) is 6.06. The van der Waals surface area contributed by atoms with Gasteiger partial charge in [0.05, 0.1) is 0 Å². The molecule has 0 N–H and O–H groups in total. The van der Waals surface area contributed by atoms with Gasteiger partial charge in [0.1, 0.15) is 6.04 Å². The van der Waals surface area contributed by atoms with Crippen LogP contribution in [0.2, 0.25) is 5.02 Å². The van der Waals surface area contributed by atoms with E-state index in [1.807, 2.05) is 17.0 Å². The van der Waals surface area contributed by atoms with Gasteiger partial charge >= 0.3 is 0 Å². The van der Waals surface area contributed by atoms with Crippen LogP contribution in [0.4, 0.5) is 5.69 Å². The van der Waals surface area contributed by atoms with Crippen LogP contribution in [0.15, 0.2) is 24.3 Å². The molecule has 112 valence electrons. The van der Waals surface area contributed by atoms with E-state index in [1.54, 1.807) is 17.0 Å². The van der Waals surface area contributed by atoms with Gasteiger partial charge in [-0.1, -0.05) is 11.6 Å². The van der Waals surface area contributed by atoms with Gasteiger partial charge in [-0.15, -0.1) is 0 Å². The largest absolute Gasteiger partial charge is 0.341 e. The normalized spacial score (nSPS) is 22.7. The Morgan fingerprint density at radius 2 is 1.76 bits per heavy atom. The zero-order valence-corrected chi connectivity index (χ0v) is 12.7. The number of benzene rings is 1. The third-order valence-electron chi connectivity index (χ3n) is 4.27. The van der Waals surface area contributed by atoms with Crippen LogP contribution in [0.3, 0.4) is 0 Å². The zero-order valence-electron chi connectivity index (χ0n) is 11.9. The maximum Gasteiger partial charge on any atom is 0.245 e. The van der Waals surface area contributed by atoms with E-state index in [4.69, 9.17) is 11.6 Å². The third kappa shape index (κ3) is 2.91. The number of rotatable bonds is 2. The molecule has 3 rings (SSSR count). The highest BCUT2D eigenvalue weighted by Gasteiger charge is 2.39. The Bertz CT molecular complexity index is 538. The van der Waals surface area contributed by atoms with Gasteiger partial charge in [-0.05, 0) is 49.9 Å². The molecule has 4 nitrogen and oxygen atoms in total. The maximum atomic E-state index is 12.7. The van der Waals surface area contributed by atoms with Crippen molar-refractivity contribution < 1.29 is 9.59 Å². The molecule has 2 saturated heterocycles. The van der Waals surface area contributed by atoms with Gasteiger partial charge in [-0.2, -0.15) is 0 Å². The fourth-order valence-corrected chi connectivity index (χ4v) is 3.29. The molecule has 1 atom stereocenters. The average molecular weight is 307 g/mol. The lowest BCUT2D eigenvalue weighted by atomic mass is 10.1. The molecule has 1 aromatic carbocycles. The number of carbonyl (C=O) groups excluding carboxylic acids is 2. The van der Waals surface area contributed by atoms with Crippen LogP contribution in [0.25, 0.3) is 0 Å². The molecular formula is C16H19ClN2O2. The summed E-state index contributed by atoms with van der Waals surface area (Å²) in [4.78, 5) is 28.4. The van der Waals surface area contributed by atoms with Crippen LogP contribution in [0.5, 0.6) is 0 Å². The number of anilines is 1. The number of likely N-dealkylation sites (tertiary alicyclic amines) is 1. The van der Waals surface area contributed by atoms with Crippen molar-refractivity contribution in [2.75, 3.05) is 18.0 Å². The molecule has 1 aromatic rings. The van der Waals surface area contributed by atoms with E-state index < -0.39 is 0 Å². The lowest BCUT2D eigenvalue weighted by Crippen LogP contribution is -2.48. The number of nitrogens with zero attached hydrogens (tertiary/aromatic N) is 2. The second-order valence-electron chi connectivity index (χ2n) is 5.68. The molecule has 2 fully saturated rings. The molecule has 1 unspecified atom stereocenters. The Kier molecular flexibility index (Phi) is 4.15. The van der Waals surface area contributed by atoms with Crippen LogP contribution in [-0.4, -0.2) is 35.8 Å². The molecule has 2 aliphatic heterocycles. The lowest BCUT2D eigenvalue weighted by molar-refractivity contribution is -0.134.